The third-order valence-electron chi connectivity index (χ3n) is 2.76. The Hall–Kier alpha value is -0.990. The van der Waals surface area contributed by atoms with Crippen molar-refractivity contribution in [2.24, 2.45) is 5.73 Å². The van der Waals surface area contributed by atoms with Crippen LogP contribution in [0.15, 0.2) is 18.2 Å². The van der Waals surface area contributed by atoms with E-state index in [9.17, 15) is 0 Å². The van der Waals surface area contributed by atoms with Crippen LogP contribution in [0.1, 0.15) is 37.8 Å². The number of hydrogen-bond acceptors (Lipinski definition) is 2. The first kappa shape index (κ1) is 15.1. The molecule has 0 aliphatic carbocycles. The number of methoxy groups -OCH3 is 1. The number of aryl methyl sites for hydroxylation is 1. The van der Waals surface area contributed by atoms with Gasteiger partial charge in [-0.1, -0.05) is 23.8 Å². The van der Waals surface area contributed by atoms with Crippen molar-refractivity contribution in [3.05, 3.63) is 34.4 Å². The van der Waals surface area contributed by atoms with Crippen molar-refractivity contribution in [2.45, 2.75) is 39.2 Å². The Bertz CT molecular complexity index is 433. The van der Waals surface area contributed by atoms with E-state index >= 15 is 0 Å². The molecule has 18 heavy (non-hydrogen) atoms. The van der Waals surface area contributed by atoms with Gasteiger partial charge in [0.2, 0.25) is 0 Å². The zero-order valence-electron chi connectivity index (χ0n) is 11.6. The molecule has 0 saturated carbocycles. The van der Waals surface area contributed by atoms with Crippen molar-refractivity contribution in [2.75, 3.05) is 7.11 Å². The monoisotopic (exact) mass is 267 g/mol. The minimum absolute atomic E-state index is 0.126. The molecule has 0 amide bonds. The maximum absolute atomic E-state index is 6.12. The summed E-state index contributed by atoms with van der Waals surface area (Å²) in [6.45, 7) is 6.03. The minimum Gasteiger partial charge on any atom is -0.496 e. The van der Waals surface area contributed by atoms with Gasteiger partial charge in [0.1, 0.15) is 5.75 Å². The summed E-state index contributed by atoms with van der Waals surface area (Å²) in [6.07, 6.45) is 6.04. The highest BCUT2D eigenvalue weighted by Gasteiger charge is 2.08. The standard InChI is InChI=1S/C15H22ClNO/c1-11-9-14(18-4)12(10-13(11)16)7-5-6-8-15(2,3)17/h5,7,9-10H,6,8,17H2,1-4H3/b7-5+. The Labute approximate surface area is 115 Å². The first-order valence-electron chi connectivity index (χ1n) is 6.13. The summed E-state index contributed by atoms with van der Waals surface area (Å²) in [4.78, 5) is 0. The third-order valence-corrected chi connectivity index (χ3v) is 3.17. The largest absolute Gasteiger partial charge is 0.496 e. The molecule has 0 atom stereocenters. The lowest BCUT2D eigenvalue weighted by molar-refractivity contribution is 0.413. The Balaban J connectivity index is 2.77. The second-order valence-corrected chi connectivity index (χ2v) is 5.68. The average molecular weight is 268 g/mol. The number of rotatable bonds is 5. The summed E-state index contributed by atoms with van der Waals surface area (Å²) >= 11 is 6.12. The van der Waals surface area contributed by atoms with Gasteiger partial charge < -0.3 is 10.5 Å². The second kappa shape index (κ2) is 6.26. The molecule has 0 saturated heterocycles. The van der Waals surface area contributed by atoms with Crippen LogP contribution < -0.4 is 10.5 Å². The number of nitrogens with two attached hydrogens (primary N) is 1. The molecule has 100 valence electrons. The maximum atomic E-state index is 6.12. The average Bonchev–Trinajstić information content (AvgIpc) is 2.27. The fourth-order valence-electron chi connectivity index (χ4n) is 1.64. The van der Waals surface area contributed by atoms with E-state index in [2.05, 4.69) is 6.08 Å². The van der Waals surface area contributed by atoms with Crippen molar-refractivity contribution in [1.29, 1.82) is 0 Å². The molecule has 0 heterocycles. The van der Waals surface area contributed by atoms with Crippen LogP contribution in [0.3, 0.4) is 0 Å². The summed E-state index contributed by atoms with van der Waals surface area (Å²) in [5.41, 5.74) is 7.83. The number of halogens is 1. The van der Waals surface area contributed by atoms with Crippen molar-refractivity contribution >= 4 is 17.7 Å². The van der Waals surface area contributed by atoms with Gasteiger partial charge in [-0.25, -0.2) is 0 Å². The summed E-state index contributed by atoms with van der Waals surface area (Å²) in [5, 5.41) is 0.759. The summed E-state index contributed by atoms with van der Waals surface area (Å²) in [7, 11) is 1.67. The van der Waals surface area contributed by atoms with Crippen molar-refractivity contribution < 1.29 is 4.74 Å². The number of ether oxygens (including phenoxy) is 1. The smallest absolute Gasteiger partial charge is 0.126 e. The normalized spacial score (nSPS) is 12.1. The van der Waals surface area contributed by atoms with Crippen molar-refractivity contribution in [3.8, 4) is 5.75 Å². The molecule has 1 rings (SSSR count). The predicted octanol–water partition coefficient (Wildman–Crippen LogP) is 4.19. The minimum atomic E-state index is -0.126. The first-order valence-corrected chi connectivity index (χ1v) is 6.51. The van der Waals surface area contributed by atoms with Crippen molar-refractivity contribution in [3.63, 3.8) is 0 Å². The molecule has 0 aromatic heterocycles. The van der Waals surface area contributed by atoms with Crippen LogP contribution in [0.25, 0.3) is 6.08 Å². The molecule has 0 aliphatic heterocycles. The lowest BCUT2D eigenvalue weighted by atomic mass is 9.99. The molecule has 0 bridgehead atoms. The van der Waals surface area contributed by atoms with Crippen LogP contribution in [-0.2, 0) is 0 Å². The molecule has 0 unspecified atom stereocenters. The SMILES string of the molecule is COc1cc(C)c(Cl)cc1/C=C/CCC(C)(C)N. The van der Waals surface area contributed by atoms with E-state index in [-0.39, 0.29) is 5.54 Å². The zero-order valence-corrected chi connectivity index (χ0v) is 12.3. The highest BCUT2D eigenvalue weighted by molar-refractivity contribution is 6.31. The number of hydrogen-bond donors (Lipinski definition) is 1. The van der Waals surface area contributed by atoms with Crippen LogP contribution in [0.5, 0.6) is 5.75 Å². The van der Waals surface area contributed by atoms with Crippen LogP contribution in [0.2, 0.25) is 5.02 Å². The van der Waals surface area contributed by atoms with Crippen molar-refractivity contribution in [1.82, 2.24) is 0 Å². The summed E-state index contributed by atoms with van der Waals surface area (Å²) < 4.78 is 5.34. The number of benzene rings is 1. The Kier molecular flexibility index (Phi) is 5.24. The van der Waals surface area contributed by atoms with Gasteiger partial charge in [0.25, 0.3) is 0 Å². The first-order chi connectivity index (χ1) is 8.33. The van der Waals surface area contributed by atoms with E-state index in [1.807, 2.05) is 39.0 Å². The van der Waals surface area contributed by atoms with Gasteiger partial charge in [0.15, 0.2) is 0 Å². The topological polar surface area (TPSA) is 35.2 Å². The van der Waals surface area contributed by atoms with E-state index in [0.717, 1.165) is 34.7 Å². The predicted molar refractivity (Wildman–Crippen MR) is 79.3 cm³/mol. The Morgan fingerprint density at radius 2 is 2.06 bits per heavy atom. The molecule has 2 N–H and O–H groups in total. The molecule has 0 aliphatic rings. The lowest BCUT2D eigenvalue weighted by Crippen LogP contribution is -2.31. The van der Waals surface area contributed by atoms with Gasteiger partial charge in [0, 0.05) is 16.1 Å². The van der Waals surface area contributed by atoms with Gasteiger partial charge in [-0.3, -0.25) is 0 Å². The van der Waals surface area contributed by atoms with Gasteiger partial charge >= 0.3 is 0 Å². The second-order valence-electron chi connectivity index (χ2n) is 5.27. The maximum Gasteiger partial charge on any atom is 0.126 e. The molecule has 0 fully saturated rings. The quantitative estimate of drug-likeness (QED) is 0.868. The van der Waals surface area contributed by atoms with E-state index in [0.29, 0.717) is 0 Å². The number of allylic oxidation sites excluding steroid dienone is 1. The van der Waals surface area contributed by atoms with E-state index in [4.69, 9.17) is 22.1 Å². The molecular weight excluding hydrogens is 246 g/mol. The summed E-state index contributed by atoms with van der Waals surface area (Å²) in [6, 6.07) is 3.88. The van der Waals surface area contributed by atoms with Crippen LogP contribution in [0.4, 0.5) is 0 Å². The zero-order chi connectivity index (χ0) is 13.8. The highest BCUT2D eigenvalue weighted by atomic mass is 35.5. The molecule has 1 aromatic carbocycles. The molecular formula is C15H22ClNO. The Morgan fingerprint density at radius 3 is 2.61 bits per heavy atom. The van der Waals surface area contributed by atoms with Gasteiger partial charge in [-0.15, -0.1) is 0 Å². The van der Waals surface area contributed by atoms with Crippen LogP contribution in [-0.4, -0.2) is 12.6 Å². The fraction of sp³-hybridized carbons (Fsp3) is 0.467. The van der Waals surface area contributed by atoms with Gasteiger partial charge in [0.05, 0.1) is 7.11 Å². The van der Waals surface area contributed by atoms with E-state index < -0.39 is 0 Å². The molecule has 0 radical (unpaired) electrons. The van der Waals surface area contributed by atoms with Crippen LogP contribution in [0, 0.1) is 6.92 Å². The lowest BCUT2D eigenvalue weighted by Gasteiger charge is -2.16. The van der Waals surface area contributed by atoms with Gasteiger partial charge in [-0.2, -0.15) is 0 Å². The molecule has 3 heteroatoms. The Morgan fingerprint density at radius 1 is 1.39 bits per heavy atom. The molecule has 0 spiro atoms. The van der Waals surface area contributed by atoms with E-state index in [1.165, 1.54) is 0 Å². The molecule has 2 nitrogen and oxygen atoms in total. The highest BCUT2D eigenvalue weighted by Crippen LogP contribution is 2.27. The third kappa shape index (κ3) is 4.71. The van der Waals surface area contributed by atoms with Crippen LogP contribution >= 0.6 is 11.6 Å². The molecule has 1 aromatic rings. The summed E-state index contributed by atoms with van der Waals surface area (Å²) in [5.74, 6) is 0.847. The fourth-order valence-corrected chi connectivity index (χ4v) is 1.82. The van der Waals surface area contributed by atoms with E-state index in [1.54, 1.807) is 7.11 Å². The van der Waals surface area contributed by atoms with Gasteiger partial charge in [-0.05, 0) is 51.3 Å².